The Morgan fingerprint density at radius 3 is 2.86 bits per heavy atom. The molecular formula is C22H24N4O2. The van der Waals surface area contributed by atoms with E-state index in [-0.39, 0.29) is 12.1 Å². The van der Waals surface area contributed by atoms with E-state index in [9.17, 15) is 4.79 Å². The van der Waals surface area contributed by atoms with Crippen LogP contribution >= 0.6 is 0 Å². The fourth-order valence-corrected chi connectivity index (χ4v) is 3.52. The molecule has 0 spiro atoms. The van der Waals surface area contributed by atoms with Gasteiger partial charge in [0.2, 0.25) is 11.7 Å². The van der Waals surface area contributed by atoms with Gasteiger partial charge in [-0.3, -0.25) is 0 Å². The first-order valence-corrected chi connectivity index (χ1v) is 9.71. The number of benzene rings is 2. The topological polar surface area (TPSA) is 71.3 Å². The van der Waals surface area contributed by atoms with Gasteiger partial charge in [-0.2, -0.15) is 4.98 Å². The van der Waals surface area contributed by atoms with Gasteiger partial charge in [-0.15, -0.1) is 0 Å². The van der Waals surface area contributed by atoms with Gasteiger partial charge < -0.3 is 14.7 Å². The van der Waals surface area contributed by atoms with Gasteiger partial charge in [0.15, 0.2) is 0 Å². The molecule has 2 amide bonds. The Morgan fingerprint density at radius 2 is 2.07 bits per heavy atom. The first-order valence-electron chi connectivity index (χ1n) is 9.71. The maximum absolute atomic E-state index is 12.8. The molecule has 28 heavy (non-hydrogen) atoms. The van der Waals surface area contributed by atoms with E-state index in [4.69, 9.17) is 4.52 Å². The van der Waals surface area contributed by atoms with Crippen molar-refractivity contribution in [1.82, 2.24) is 15.0 Å². The zero-order chi connectivity index (χ0) is 19.5. The van der Waals surface area contributed by atoms with Gasteiger partial charge >= 0.3 is 6.03 Å². The lowest BCUT2D eigenvalue weighted by molar-refractivity contribution is 0.193. The van der Waals surface area contributed by atoms with Crippen LogP contribution in [0.25, 0.3) is 11.4 Å². The summed E-state index contributed by atoms with van der Waals surface area (Å²) in [6, 6.07) is 15.6. The molecule has 1 fully saturated rings. The summed E-state index contributed by atoms with van der Waals surface area (Å²) in [5.41, 5.74) is 4.08. The first kappa shape index (κ1) is 18.2. The molecule has 2 heterocycles. The summed E-state index contributed by atoms with van der Waals surface area (Å²) in [4.78, 5) is 19.2. The molecular weight excluding hydrogens is 352 g/mol. The highest BCUT2D eigenvalue weighted by Gasteiger charge is 2.34. The quantitative estimate of drug-likeness (QED) is 0.697. The monoisotopic (exact) mass is 376 g/mol. The van der Waals surface area contributed by atoms with Crippen molar-refractivity contribution in [3.63, 3.8) is 0 Å². The van der Waals surface area contributed by atoms with Crippen molar-refractivity contribution >= 4 is 11.7 Å². The lowest BCUT2D eigenvalue weighted by Crippen LogP contribution is -2.34. The van der Waals surface area contributed by atoms with Crippen LogP contribution < -0.4 is 5.32 Å². The zero-order valence-corrected chi connectivity index (χ0v) is 16.2. The molecule has 144 valence electrons. The van der Waals surface area contributed by atoms with Gasteiger partial charge in [0.1, 0.15) is 6.04 Å². The Bertz CT molecular complexity index is 965. The first-order chi connectivity index (χ1) is 13.6. The number of likely N-dealkylation sites (tertiary alicyclic amines) is 1. The summed E-state index contributed by atoms with van der Waals surface area (Å²) in [5, 5.41) is 7.12. The second-order valence-electron chi connectivity index (χ2n) is 7.16. The predicted octanol–water partition coefficient (Wildman–Crippen LogP) is 4.98. The molecule has 0 bridgehead atoms. The molecule has 3 aromatic rings. The van der Waals surface area contributed by atoms with Crippen molar-refractivity contribution in [2.75, 3.05) is 11.9 Å². The molecule has 0 saturated carbocycles. The van der Waals surface area contributed by atoms with Crippen LogP contribution in [0.4, 0.5) is 10.5 Å². The maximum Gasteiger partial charge on any atom is 0.322 e. The molecule has 6 nitrogen and oxygen atoms in total. The van der Waals surface area contributed by atoms with Crippen molar-refractivity contribution in [3.05, 3.63) is 65.5 Å². The molecule has 1 aliphatic rings. The van der Waals surface area contributed by atoms with E-state index < -0.39 is 0 Å². The largest absolute Gasteiger partial charge is 0.337 e. The van der Waals surface area contributed by atoms with E-state index in [0.29, 0.717) is 18.3 Å². The van der Waals surface area contributed by atoms with E-state index in [0.717, 1.165) is 30.5 Å². The zero-order valence-electron chi connectivity index (χ0n) is 16.2. The number of carbonyl (C=O) groups excluding carboxylic acids is 1. The van der Waals surface area contributed by atoms with Crippen molar-refractivity contribution in [3.8, 4) is 11.4 Å². The lowest BCUT2D eigenvalue weighted by atomic mass is 10.1. The number of urea groups is 1. The average molecular weight is 376 g/mol. The van der Waals surface area contributed by atoms with E-state index >= 15 is 0 Å². The number of nitrogens with zero attached hydrogens (tertiary/aromatic N) is 3. The van der Waals surface area contributed by atoms with Crippen LogP contribution in [0.1, 0.15) is 42.8 Å². The van der Waals surface area contributed by atoms with Crippen molar-refractivity contribution < 1.29 is 9.32 Å². The summed E-state index contributed by atoms with van der Waals surface area (Å²) >= 11 is 0. The van der Waals surface area contributed by atoms with Gasteiger partial charge in [-0.1, -0.05) is 54.0 Å². The number of amides is 2. The third kappa shape index (κ3) is 3.76. The second-order valence-corrected chi connectivity index (χ2v) is 7.16. The fraction of sp³-hybridized carbons (Fsp3) is 0.318. The van der Waals surface area contributed by atoms with Crippen LogP contribution in [0.15, 0.2) is 53.1 Å². The molecule has 1 aliphatic heterocycles. The lowest BCUT2D eigenvalue weighted by Gasteiger charge is -2.22. The Balaban J connectivity index is 1.50. The van der Waals surface area contributed by atoms with E-state index in [1.807, 2.05) is 49.4 Å². The number of aryl methyl sites for hydroxylation is 2. The van der Waals surface area contributed by atoms with E-state index in [1.165, 1.54) is 11.1 Å². The Morgan fingerprint density at radius 1 is 1.25 bits per heavy atom. The van der Waals surface area contributed by atoms with Gasteiger partial charge in [0, 0.05) is 17.8 Å². The Hall–Kier alpha value is -3.15. The molecule has 4 rings (SSSR count). The number of carbonyl (C=O) groups is 1. The smallest absolute Gasteiger partial charge is 0.322 e. The standard InChI is InChI=1S/C22H24N4O2/c1-3-16-6-4-7-18(14-16)23-22(27)26-13-5-8-19(26)21-24-20(25-28-21)17-11-9-15(2)10-12-17/h4,6-7,9-12,14,19H,3,5,8,13H2,1-2H3,(H,23,27). The number of rotatable bonds is 4. The van der Waals surface area contributed by atoms with Crippen LogP contribution in [0, 0.1) is 6.92 Å². The third-order valence-corrected chi connectivity index (χ3v) is 5.14. The second kappa shape index (κ2) is 7.84. The summed E-state index contributed by atoms with van der Waals surface area (Å²) in [5.74, 6) is 1.04. The molecule has 6 heteroatoms. The minimum absolute atomic E-state index is 0.133. The van der Waals surface area contributed by atoms with Crippen molar-refractivity contribution in [2.45, 2.75) is 39.2 Å². The summed E-state index contributed by atoms with van der Waals surface area (Å²) < 4.78 is 5.52. The molecule has 0 radical (unpaired) electrons. The number of hydrogen-bond acceptors (Lipinski definition) is 4. The van der Waals surface area contributed by atoms with Gasteiger partial charge in [-0.05, 0) is 43.9 Å². The van der Waals surface area contributed by atoms with Crippen LogP contribution in [-0.2, 0) is 6.42 Å². The van der Waals surface area contributed by atoms with Gasteiger partial charge in [0.05, 0.1) is 0 Å². The molecule has 1 unspecified atom stereocenters. The van der Waals surface area contributed by atoms with Crippen LogP contribution in [0.3, 0.4) is 0 Å². The average Bonchev–Trinajstić information content (AvgIpc) is 3.38. The summed E-state index contributed by atoms with van der Waals surface area (Å²) in [7, 11) is 0. The molecule has 1 saturated heterocycles. The molecule has 0 aliphatic carbocycles. The normalized spacial score (nSPS) is 16.4. The fourth-order valence-electron chi connectivity index (χ4n) is 3.52. The van der Waals surface area contributed by atoms with Crippen molar-refractivity contribution in [2.24, 2.45) is 0 Å². The highest BCUT2D eigenvalue weighted by atomic mass is 16.5. The molecule has 1 aromatic heterocycles. The highest BCUT2D eigenvalue weighted by Crippen LogP contribution is 2.32. The van der Waals surface area contributed by atoms with Gasteiger partial charge in [-0.25, -0.2) is 4.79 Å². The van der Waals surface area contributed by atoms with Crippen LogP contribution in [-0.4, -0.2) is 27.6 Å². The van der Waals surface area contributed by atoms with E-state index in [1.54, 1.807) is 4.90 Å². The van der Waals surface area contributed by atoms with Gasteiger partial charge in [0.25, 0.3) is 0 Å². The molecule has 1 atom stereocenters. The number of anilines is 1. The summed E-state index contributed by atoms with van der Waals surface area (Å²) in [6.45, 7) is 4.81. The Labute approximate surface area is 164 Å². The maximum atomic E-state index is 12.8. The van der Waals surface area contributed by atoms with Crippen LogP contribution in [0.5, 0.6) is 0 Å². The number of aromatic nitrogens is 2. The number of nitrogens with one attached hydrogen (secondary N) is 1. The van der Waals surface area contributed by atoms with Crippen LogP contribution in [0.2, 0.25) is 0 Å². The summed E-state index contributed by atoms with van der Waals surface area (Å²) in [6.07, 6.45) is 2.66. The van der Waals surface area contributed by atoms with Crippen molar-refractivity contribution in [1.29, 1.82) is 0 Å². The Kier molecular flexibility index (Phi) is 5.10. The minimum Gasteiger partial charge on any atom is -0.337 e. The minimum atomic E-state index is -0.193. The SMILES string of the molecule is CCc1cccc(NC(=O)N2CCCC2c2nc(-c3ccc(C)cc3)no2)c1. The molecule has 2 aromatic carbocycles. The third-order valence-electron chi connectivity index (χ3n) is 5.14. The molecule has 1 N–H and O–H groups in total. The highest BCUT2D eigenvalue weighted by molar-refractivity contribution is 5.89. The van der Waals surface area contributed by atoms with E-state index in [2.05, 4.69) is 28.4 Å². The number of hydrogen-bond donors (Lipinski definition) is 1. The predicted molar refractivity (Wildman–Crippen MR) is 108 cm³/mol.